The second-order valence-electron chi connectivity index (χ2n) is 5.87. The number of benzene rings is 1. The van der Waals surface area contributed by atoms with E-state index in [-0.39, 0.29) is 24.0 Å². The molecule has 0 spiro atoms. The predicted molar refractivity (Wildman–Crippen MR) is 121 cm³/mol. The minimum atomic E-state index is 0. The standard InChI is InChI=1S/C19H27N3O2S.HI/c1-13(10-17-9-6-14(2)25-17)22-19(20-3)21-12-15-7-8-16(23-4)11-18(15)24-5;/h6-9,11,13H,10,12H2,1-5H3,(H2,20,21,22);1H. The number of ether oxygens (including phenoxy) is 2. The first-order valence-electron chi connectivity index (χ1n) is 8.29. The van der Waals surface area contributed by atoms with Crippen LogP contribution in [0.3, 0.4) is 0 Å². The van der Waals surface area contributed by atoms with Crippen LogP contribution in [0.4, 0.5) is 0 Å². The van der Waals surface area contributed by atoms with Crippen LogP contribution in [0, 0.1) is 6.92 Å². The second kappa shape index (κ2) is 11.3. The van der Waals surface area contributed by atoms with Gasteiger partial charge >= 0.3 is 0 Å². The van der Waals surface area contributed by atoms with Gasteiger partial charge in [0.2, 0.25) is 0 Å². The summed E-state index contributed by atoms with van der Waals surface area (Å²) in [4.78, 5) is 7.03. The Bertz CT molecular complexity index is 719. The van der Waals surface area contributed by atoms with E-state index in [1.807, 2.05) is 29.5 Å². The zero-order chi connectivity index (χ0) is 18.2. The number of guanidine groups is 1. The van der Waals surface area contributed by atoms with Gasteiger partial charge in [-0.1, -0.05) is 0 Å². The summed E-state index contributed by atoms with van der Waals surface area (Å²) in [6, 6.07) is 10.5. The number of aliphatic imine (C=N–C) groups is 1. The van der Waals surface area contributed by atoms with Gasteiger partial charge in [0, 0.05) is 47.4 Å². The molecule has 0 aliphatic rings. The largest absolute Gasteiger partial charge is 0.497 e. The number of aryl methyl sites for hydroxylation is 1. The van der Waals surface area contributed by atoms with Crippen molar-refractivity contribution in [3.05, 3.63) is 45.6 Å². The fourth-order valence-electron chi connectivity index (χ4n) is 2.55. The number of hydrogen-bond acceptors (Lipinski definition) is 4. The molecule has 0 amide bonds. The average molecular weight is 489 g/mol. The summed E-state index contributed by atoms with van der Waals surface area (Å²) in [7, 11) is 5.09. The average Bonchev–Trinajstić information content (AvgIpc) is 3.02. The Labute approximate surface area is 177 Å². The molecule has 1 unspecified atom stereocenters. The molecular weight excluding hydrogens is 461 g/mol. The number of thiophene rings is 1. The topological polar surface area (TPSA) is 54.9 Å². The Morgan fingerprint density at radius 3 is 2.54 bits per heavy atom. The molecule has 1 aromatic heterocycles. The highest BCUT2D eigenvalue weighted by atomic mass is 127. The molecule has 0 bridgehead atoms. The summed E-state index contributed by atoms with van der Waals surface area (Å²) < 4.78 is 10.7. The molecule has 1 atom stereocenters. The fraction of sp³-hybridized carbons (Fsp3) is 0.421. The van der Waals surface area contributed by atoms with E-state index in [4.69, 9.17) is 9.47 Å². The third-order valence-corrected chi connectivity index (χ3v) is 4.87. The van der Waals surface area contributed by atoms with Gasteiger partial charge in [-0.05, 0) is 38.1 Å². The van der Waals surface area contributed by atoms with Gasteiger partial charge in [0.1, 0.15) is 11.5 Å². The predicted octanol–water partition coefficient (Wildman–Crippen LogP) is 3.99. The van der Waals surface area contributed by atoms with Crippen molar-refractivity contribution >= 4 is 41.3 Å². The van der Waals surface area contributed by atoms with Crippen LogP contribution in [0.2, 0.25) is 0 Å². The van der Waals surface area contributed by atoms with E-state index >= 15 is 0 Å². The maximum Gasteiger partial charge on any atom is 0.191 e. The van der Waals surface area contributed by atoms with Crippen molar-refractivity contribution in [2.75, 3.05) is 21.3 Å². The molecule has 5 nitrogen and oxygen atoms in total. The van der Waals surface area contributed by atoms with Crippen LogP contribution in [0.15, 0.2) is 35.3 Å². The lowest BCUT2D eigenvalue weighted by Crippen LogP contribution is -2.42. The Morgan fingerprint density at radius 2 is 1.96 bits per heavy atom. The Hall–Kier alpha value is -1.48. The number of rotatable bonds is 7. The zero-order valence-corrected chi connectivity index (χ0v) is 19.1. The van der Waals surface area contributed by atoms with E-state index < -0.39 is 0 Å². The second-order valence-corrected chi connectivity index (χ2v) is 7.24. The molecule has 0 aliphatic carbocycles. The van der Waals surface area contributed by atoms with E-state index in [1.54, 1.807) is 21.3 Å². The smallest absolute Gasteiger partial charge is 0.191 e. The van der Waals surface area contributed by atoms with Gasteiger partial charge < -0.3 is 20.1 Å². The van der Waals surface area contributed by atoms with Gasteiger partial charge in [-0.3, -0.25) is 4.99 Å². The maximum atomic E-state index is 5.44. The summed E-state index contributed by atoms with van der Waals surface area (Å²) in [6.07, 6.45) is 0.977. The zero-order valence-electron chi connectivity index (χ0n) is 16.0. The lowest BCUT2D eigenvalue weighted by atomic mass is 10.2. The summed E-state index contributed by atoms with van der Waals surface area (Å²) in [5, 5.41) is 6.78. The van der Waals surface area contributed by atoms with Gasteiger partial charge in [0.05, 0.1) is 14.2 Å². The van der Waals surface area contributed by atoms with Gasteiger partial charge in [0.15, 0.2) is 5.96 Å². The SMILES string of the molecule is CN=C(NCc1ccc(OC)cc1OC)NC(C)Cc1ccc(C)s1.I. The molecule has 0 aliphatic heterocycles. The first-order valence-corrected chi connectivity index (χ1v) is 9.10. The van der Waals surface area contributed by atoms with Gasteiger partial charge in [-0.25, -0.2) is 0 Å². The monoisotopic (exact) mass is 489 g/mol. The van der Waals surface area contributed by atoms with E-state index in [2.05, 4.69) is 41.6 Å². The Balaban J connectivity index is 0.00000338. The molecule has 7 heteroatoms. The minimum absolute atomic E-state index is 0. The molecule has 2 rings (SSSR count). The fourth-order valence-corrected chi connectivity index (χ4v) is 3.57. The van der Waals surface area contributed by atoms with Crippen molar-refractivity contribution in [2.45, 2.75) is 32.9 Å². The Morgan fingerprint density at radius 1 is 1.19 bits per heavy atom. The van der Waals surface area contributed by atoms with Crippen molar-refractivity contribution in [2.24, 2.45) is 4.99 Å². The molecule has 2 N–H and O–H groups in total. The summed E-state index contributed by atoms with van der Waals surface area (Å²) in [5.41, 5.74) is 1.05. The van der Waals surface area contributed by atoms with Crippen molar-refractivity contribution in [3.8, 4) is 11.5 Å². The van der Waals surface area contributed by atoms with Crippen molar-refractivity contribution < 1.29 is 9.47 Å². The van der Waals surface area contributed by atoms with Crippen LogP contribution in [-0.2, 0) is 13.0 Å². The van der Waals surface area contributed by atoms with E-state index in [9.17, 15) is 0 Å². The minimum Gasteiger partial charge on any atom is -0.497 e. The molecule has 1 aromatic carbocycles. The first kappa shape index (κ1) is 22.6. The van der Waals surface area contributed by atoms with Crippen LogP contribution >= 0.6 is 35.3 Å². The van der Waals surface area contributed by atoms with Crippen molar-refractivity contribution in [1.29, 1.82) is 0 Å². The van der Waals surface area contributed by atoms with E-state index in [1.165, 1.54) is 9.75 Å². The Kier molecular flexibility index (Phi) is 9.79. The number of halogens is 1. The quantitative estimate of drug-likeness (QED) is 0.351. The number of nitrogens with one attached hydrogen (secondary N) is 2. The molecule has 0 fully saturated rings. The third kappa shape index (κ3) is 6.68. The summed E-state index contributed by atoms with van der Waals surface area (Å²) in [6.45, 7) is 4.92. The molecule has 26 heavy (non-hydrogen) atoms. The van der Waals surface area contributed by atoms with Crippen LogP contribution in [0.5, 0.6) is 11.5 Å². The third-order valence-electron chi connectivity index (χ3n) is 3.85. The molecule has 144 valence electrons. The number of nitrogens with zero attached hydrogens (tertiary/aromatic N) is 1. The highest BCUT2D eigenvalue weighted by Gasteiger charge is 2.09. The summed E-state index contributed by atoms with van der Waals surface area (Å²) >= 11 is 1.84. The number of hydrogen-bond donors (Lipinski definition) is 2. The van der Waals surface area contributed by atoms with E-state index in [0.29, 0.717) is 12.6 Å². The molecule has 0 radical (unpaired) electrons. The van der Waals surface area contributed by atoms with Gasteiger partial charge in [-0.15, -0.1) is 35.3 Å². The molecule has 0 saturated heterocycles. The van der Waals surface area contributed by atoms with Gasteiger partial charge in [-0.2, -0.15) is 0 Å². The molecular formula is C19H28IN3O2S. The van der Waals surface area contributed by atoms with Crippen LogP contribution < -0.4 is 20.1 Å². The van der Waals surface area contributed by atoms with Crippen LogP contribution in [-0.4, -0.2) is 33.3 Å². The van der Waals surface area contributed by atoms with Crippen molar-refractivity contribution in [3.63, 3.8) is 0 Å². The normalized spacial score (nSPS) is 12.1. The first-order chi connectivity index (χ1) is 12.0. The van der Waals surface area contributed by atoms with Gasteiger partial charge in [0.25, 0.3) is 0 Å². The molecule has 0 saturated carbocycles. The maximum absolute atomic E-state index is 5.44. The van der Waals surface area contributed by atoms with Crippen LogP contribution in [0.1, 0.15) is 22.2 Å². The van der Waals surface area contributed by atoms with E-state index in [0.717, 1.165) is 29.4 Å². The molecule has 2 aromatic rings. The van der Waals surface area contributed by atoms with Crippen molar-refractivity contribution in [1.82, 2.24) is 10.6 Å². The van der Waals surface area contributed by atoms with Crippen LogP contribution in [0.25, 0.3) is 0 Å². The lowest BCUT2D eigenvalue weighted by molar-refractivity contribution is 0.390. The summed E-state index contributed by atoms with van der Waals surface area (Å²) in [5.74, 6) is 2.35. The lowest BCUT2D eigenvalue weighted by Gasteiger charge is -2.18. The molecule has 1 heterocycles. The number of methoxy groups -OCH3 is 2. The highest BCUT2D eigenvalue weighted by Crippen LogP contribution is 2.24. The highest BCUT2D eigenvalue weighted by molar-refractivity contribution is 14.0.